The van der Waals surface area contributed by atoms with E-state index in [0.717, 1.165) is 24.2 Å². The molecule has 1 aliphatic carbocycles. The van der Waals surface area contributed by atoms with E-state index in [-0.39, 0.29) is 28.2 Å². The van der Waals surface area contributed by atoms with Crippen molar-refractivity contribution in [1.82, 2.24) is 10.6 Å². The Balaban J connectivity index is 0.00000106. The second-order valence-electron chi connectivity index (χ2n) is 9.65. The minimum atomic E-state index is -0.468. The van der Waals surface area contributed by atoms with Crippen LogP contribution in [0.15, 0.2) is 34.4 Å². The molecule has 1 aromatic heterocycles. The summed E-state index contributed by atoms with van der Waals surface area (Å²) < 4.78 is 24.9. The first-order valence-corrected chi connectivity index (χ1v) is 13.6. The first-order chi connectivity index (χ1) is 16.9. The minimum absolute atomic E-state index is 0.0691. The van der Waals surface area contributed by atoms with Crippen LogP contribution in [0.4, 0.5) is 0 Å². The zero-order valence-corrected chi connectivity index (χ0v) is 26.5. The van der Waals surface area contributed by atoms with E-state index in [1.165, 1.54) is 44.7 Å². The van der Waals surface area contributed by atoms with Gasteiger partial charge in [-0.1, -0.05) is 27.7 Å². The van der Waals surface area contributed by atoms with E-state index >= 15 is 0 Å². The first-order valence-electron chi connectivity index (χ1n) is 11.4. The van der Waals surface area contributed by atoms with Gasteiger partial charge in [0, 0.05) is 0 Å². The van der Waals surface area contributed by atoms with E-state index in [9.17, 15) is 4.79 Å². The number of carbonyl (C=O) groups is 1. The van der Waals surface area contributed by atoms with Crippen molar-refractivity contribution < 1.29 is 59.8 Å². The van der Waals surface area contributed by atoms with E-state index in [4.69, 9.17) is 18.6 Å². The fourth-order valence-corrected chi connectivity index (χ4v) is 4.08. The molecular formula is C27H34N2O5VW-2. The van der Waals surface area contributed by atoms with Crippen LogP contribution in [0.1, 0.15) is 67.8 Å². The summed E-state index contributed by atoms with van der Waals surface area (Å²) in [5, 5.41) is 5.37. The van der Waals surface area contributed by atoms with Gasteiger partial charge < -0.3 is 0 Å². The number of ether oxygens (including phenoxy) is 3. The summed E-state index contributed by atoms with van der Waals surface area (Å²) in [6.07, 6.45) is 4.83. The van der Waals surface area contributed by atoms with Gasteiger partial charge in [0.25, 0.3) is 0 Å². The molecule has 0 fully saturated rings. The van der Waals surface area contributed by atoms with Crippen LogP contribution in [-0.4, -0.2) is 36.1 Å². The molecule has 0 spiro atoms. The Bertz CT molecular complexity index is 1140. The molecule has 36 heavy (non-hydrogen) atoms. The number of hydrogen-bond donors (Lipinski definition) is 2. The molecule has 195 valence electrons. The van der Waals surface area contributed by atoms with E-state index < -0.39 is 5.91 Å². The van der Waals surface area contributed by atoms with Crippen molar-refractivity contribution in [3.63, 3.8) is 0 Å². The molecule has 0 bridgehead atoms. The molecule has 1 aliphatic rings. The van der Waals surface area contributed by atoms with E-state index in [2.05, 4.69) is 78.2 Å². The van der Waals surface area contributed by atoms with Gasteiger partial charge in [0.1, 0.15) is 0 Å². The fourth-order valence-electron chi connectivity index (χ4n) is 3.92. The Labute approximate surface area is 234 Å². The van der Waals surface area contributed by atoms with Crippen LogP contribution in [-0.2, 0) is 56.6 Å². The molecule has 0 unspecified atom stereocenters. The summed E-state index contributed by atoms with van der Waals surface area (Å²) in [5.74, 6) is 0.606. The van der Waals surface area contributed by atoms with Gasteiger partial charge in [0.2, 0.25) is 0 Å². The Morgan fingerprint density at radius 1 is 1.11 bits per heavy atom. The molecule has 2 aromatic rings. The van der Waals surface area contributed by atoms with Crippen LogP contribution >= 0.6 is 0 Å². The van der Waals surface area contributed by atoms with Crippen LogP contribution in [0, 0.1) is 13.2 Å². The summed E-state index contributed by atoms with van der Waals surface area (Å²) in [6, 6.07) is 7.54. The van der Waals surface area contributed by atoms with Crippen LogP contribution < -0.4 is 15.4 Å². The number of furan rings is 1. The summed E-state index contributed by atoms with van der Waals surface area (Å²) in [7, 11) is 4.76. The number of amides is 1. The van der Waals surface area contributed by atoms with Crippen molar-refractivity contribution in [2.75, 3.05) is 21.3 Å². The fraction of sp³-hybridized carbons (Fsp3) is 0.444. The molecule has 0 atom stereocenters. The zero-order valence-electron chi connectivity index (χ0n) is 22.1. The average molecular weight is 701 g/mol. The second-order valence-corrected chi connectivity index (χ2v) is 11.0. The third kappa shape index (κ3) is 7.63. The molecule has 1 heterocycles. The second kappa shape index (κ2) is 13.2. The van der Waals surface area contributed by atoms with Gasteiger partial charge in [-0.2, -0.15) is 0 Å². The van der Waals surface area contributed by atoms with E-state index in [0.29, 0.717) is 4.41 Å². The number of fused-ring (bicyclic) bond motifs is 1. The van der Waals surface area contributed by atoms with Gasteiger partial charge in [-0.15, -0.1) is 0 Å². The zero-order chi connectivity index (χ0) is 27.1. The molecule has 1 amide bonds. The van der Waals surface area contributed by atoms with Crippen LogP contribution in [0.25, 0.3) is 0 Å². The topological polar surface area (TPSA) is 82.0 Å². The predicted molar refractivity (Wildman–Crippen MR) is 133 cm³/mol. The third-order valence-corrected chi connectivity index (χ3v) is 7.48. The number of methoxy groups -OCH3 is 2. The van der Waals surface area contributed by atoms with E-state index in [1.807, 2.05) is 14.0 Å². The number of nitrogens with one attached hydrogen (secondary N) is 2. The van der Waals surface area contributed by atoms with Gasteiger partial charge in [-0.3, -0.25) is 0 Å². The molecular weight excluding hydrogens is 667 g/mol. The molecule has 3 rings (SSSR count). The van der Waals surface area contributed by atoms with Crippen molar-refractivity contribution in [2.45, 2.75) is 58.3 Å². The molecule has 0 saturated carbocycles. The first kappa shape index (κ1) is 30.5. The van der Waals surface area contributed by atoms with Crippen molar-refractivity contribution in [1.29, 1.82) is 0 Å². The van der Waals surface area contributed by atoms with Crippen molar-refractivity contribution in [3.8, 4) is 11.7 Å². The summed E-state index contributed by atoms with van der Waals surface area (Å²) in [4.78, 5) is 12.6. The Kier molecular flexibility index (Phi) is 11.1. The standard InChI is InChI=1S/C25H30NO5.C2H4N.V.W/c1-16-12-18-19(25(4,5)11-10-24(18,2)3)13-21(16)31-22-9-8-20(30-22)23(27)26-17(14-28-6)15-29-7;1-3-2;;/h8-9,12-13H,10-11H2,1-7H3,(H,26,27);3H,1H3;;/q2*-1;;. The monoisotopic (exact) mass is 701 g/mol. The molecule has 2 N–H and O–H groups in total. The van der Waals surface area contributed by atoms with Crippen molar-refractivity contribution in [3.05, 3.63) is 58.7 Å². The SMILES string of the molecule is CN[C-]=[W].CO[C-]=C(NC(=O)c1ccc(Oc2cc3c(cc2C)C(C)(C)CCC3(C)C)o1)[C](=[V])OC. The molecule has 9 heteroatoms. The van der Waals surface area contributed by atoms with Gasteiger partial charge in [0.05, 0.1) is 0 Å². The summed E-state index contributed by atoms with van der Waals surface area (Å²) in [6.45, 7) is 11.2. The molecule has 0 radical (unpaired) electrons. The Hall–Kier alpha value is -1.76. The number of carbonyl (C=O) groups excluding carboxylic acids is 1. The number of benzene rings is 1. The predicted octanol–water partition coefficient (Wildman–Crippen LogP) is 4.46. The Morgan fingerprint density at radius 3 is 2.22 bits per heavy atom. The maximum absolute atomic E-state index is 12.6. The summed E-state index contributed by atoms with van der Waals surface area (Å²) >= 11 is 3.54. The van der Waals surface area contributed by atoms with Gasteiger partial charge in [0.15, 0.2) is 0 Å². The average Bonchev–Trinajstić information content (AvgIpc) is 3.31. The van der Waals surface area contributed by atoms with Crippen molar-refractivity contribution >= 4 is 14.8 Å². The van der Waals surface area contributed by atoms with E-state index in [1.54, 1.807) is 12.1 Å². The number of rotatable bonds is 8. The van der Waals surface area contributed by atoms with Gasteiger partial charge in [-0.25, -0.2) is 0 Å². The Morgan fingerprint density at radius 2 is 1.69 bits per heavy atom. The van der Waals surface area contributed by atoms with Crippen molar-refractivity contribution in [2.24, 2.45) is 0 Å². The maximum atomic E-state index is 12.6. The normalized spacial score (nSPS) is 15.6. The molecule has 0 aliphatic heterocycles. The molecule has 0 saturated heterocycles. The number of hydrogen-bond acceptors (Lipinski definition) is 6. The summed E-state index contributed by atoms with van der Waals surface area (Å²) in [5.41, 5.74) is 4.15. The number of aryl methyl sites for hydroxylation is 1. The quantitative estimate of drug-likeness (QED) is 0.241. The van der Waals surface area contributed by atoms with Crippen LogP contribution in [0.2, 0.25) is 0 Å². The van der Waals surface area contributed by atoms with Crippen LogP contribution in [0.5, 0.6) is 11.7 Å². The van der Waals surface area contributed by atoms with Gasteiger partial charge >= 0.3 is 189 Å². The molecule has 7 nitrogen and oxygen atoms in total. The third-order valence-electron chi connectivity index (χ3n) is 6.12. The molecule has 1 aromatic carbocycles. The van der Waals surface area contributed by atoms with Gasteiger partial charge in [-0.05, 0) is 18.3 Å². The van der Waals surface area contributed by atoms with Crippen LogP contribution in [0.3, 0.4) is 0 Å².